The first kappa shape index (κ1) is 38.4. The van der Waals surface area contributed by atoms with Crippen molar-refractivity contribution in [3.8, 4) is 0 Å². The van der Waals surface area contributed by atoms with Crippen LogP contribution < -0.4 is 0 Å². The highest BCUT2D eigenvalue weighted by Crippen LogP contribution is 2.45. The Balaban J connectivity index is 1.27. The molecule has 1 saturated carbocycles. The molecule has 0 amide bonds. The Kier molecular flexibility index (Phi) is 13.4. The molecule has 1 aliphatic carbocycles. The maximum Gasteiger partial charge on any atom is 0.119 e. The predicted molar refractivity (Wildman–Crippen MR) is 218 cm³/mol. The number of benzene rings is 6. The summed E-state index contributed by atoms with van der Waals surface area (Å²) in [6.45, 7) is 4.04. The van der Waals surface area contributed by atoms with Gasteiger partial charge in [0.05, 0.1) is 39.1 Å². The van der Waals surface area contributed by atoms with Crippen LogP contribution in [-0.2, 0) is 63.8 Å². The zero-order chi connectivity index (χ0) is 37.7. The monoisotopic (exact) mass is 732 g/mol. The molecule has 0 heterocycles. The predicted octanol–water partition coefficient (Wildman–Crippen LogP) is 10.0. The van der Waals surface area contributed by atoms with E-state index in [4.69, 9.17) is 18.9 Å². The normalized spacial score (nSPS) is 21.0. The number of aryl methyl sites for hydroxylation is 1. The van der Waals surface area contributed by atoms with Gasteiger partial charge in [0.2, 0.25) is 0 Å². The number of ether oxygens (including phenoxy) is 4. The van der Waals surface area contributed by atoms with Crippen LogP contribution in [0, 0.1) is 5.92 Å². The lowest BCUT2D eigenvalue weighted by Crippen LogP contribution is -2.62. The highest BCUT2D eigenvalue weighted by atomic mass is 16.6. The van der Waals surface area contributed by atoms with Crippen molar-refractivity contribution in [3.05, 3.63) is 214 Å². The standard InChI is InChI=1S/C50H52O5/c1-2-38-26-28-39(29-27-38)30-44-24-15-25-46(31-44)50(51)32-45(37-52-33-40-16-7-3-8-17-40)47(53-34-41-18-9-4-10-19-41)48(54-35-42-20-11-5-12-21-42)49(50)55-36-43-22-13-6-14-23-43/h3-29,31,45,47-49,51H,2,30,32-37H2,1H3/t45-,47-,48+,49-,50?/m1/s1. The highest BCUT2D eigenvalue weighted by Gasteiger charge is 2.55. The molecule has 55 heavy (non-hydrogen) atoms. The van der Waals surface area contributed by atoms with Crippen LogP contribution in [0.15, 0.2) is 170 Å². The van der Waals surface area contributed by atoms with Gasteiger partial charge >= 0.3 is 0 Å². The summed E-state index contributed by atoms with van der Waals surface area (Å²) >= 11 is 0. The summed E-state index contributed by atoms with van der Waals surface area (Å²) in [6, 6.07) is 57.9. The van der Waals surface area contributed by atoms with Crippen LogP contribution in [-0.4, -0.2) is 30.0 Å². The van der Waals surface area contributed by atoms with E-state index in [2.05, 4.69) is 97.9 Å². The number of hydrogen-bond acceptors (Lipinski definition) is 5. The largest absolute Gasteiger partial charge is 0.382 e. The van der Waals surface area contributed by atoms with Crippen LogP contribution in [0.2, 0.25) is 0 Å². The van der Waals surface area contributed by atoms with E-state index in [1.165, 1.54) is 11.1 Å². The summed E-state index contributed by atoms with van der Waals surface area (Å²) in [5, 5.41) is 13.4. The van der Waals surface area contributed by atoms with Crippen molar-refractivity contribution >= 4 is 0 Å². The lowest BCUT2D eigenvalue weighted by molar-refractivity contribution is -0.261. The van der Waals surface area contributed by atoms with Crippen molar-refractivity contribution < 1.29 is 24.1 Å². The molecule has 5 heteroatoms. The van der Waals surface area contributed by atoms with Crippen molar-refractivity contribution in [1.29, 1.82) is 0 Å². The zero-order valence-corrected chi connectivity index (χ0v) is 31.7. The van der Waals surface area contributed by atoms with Crippen LogP contribution in [0.3, 0.4) is 0 Å². The summed E-state index contributed by atoms with van der Waals surface area (Å²) in [6.07, 6.45) is 0.279. The second-order valence-corrected chi connectivity index (χ2v) is 14.7. The van der Waals surface area contributed by atoms with Gasteiger partial charge in [0.25, 0.3) is 0 Å². The molecule has 0 saturated heterocycles. The Morgan fingerprint density at radius 2 is 0.964 bits per heavy atom. The fourth-order valence-electron chi connectivity index (χ4n) is 7.70. The summed E-state index contributed by atoms with van der Waals surface area (Å²) < 4.78 is 27.3. The van der Waals surface area contributed by atoms with E-state index < -0.39 is 23.9 Å². The third-order valence-corrected chi connectivity index (χ3v) is 10.7. The summed E-state index contributed by atoms with van der Waals surface area (Å²) in [5.41, 5.74) is 7.26. The Hall–Kier alpha value is -4.88. The van der Waals surface area contributed by atoms with E-state index in [1.807, 2.05) is 78.9 Å². The molecule has 0 bridgehead atoms. The van der Waals surface area contributed by atoms with Crippen LogP contribution in [0.1, 0.15) is 57.9 Å². The van der Waals surface area contributed by atoms with Crippen molar-refractivity contribution in [2.45, 2.75) is 76.5 Å². The van der Waals surface area contributed by atoms with Gasteiger partial charge in [0.1, 0.15) is 17.8 Å². The van der Waals surface area contributed by atoms with Crippen molar-refractivity contribution in [2.24, 2.45) is 5.92 Å². The Morgan fingerprint density at radius 1 is 0.491 bits per heavy atom. The minimum atomic E-state index is -1.43. The number of aliphatic hydroxyl groups is 1. The van der Waals surface area contributed by atoms with E-state index in [0.717, 1.165) is 46.2 Å². The molecule has 1 N–H and O–H groups in total. The average Bonchev–Trinajstić information content (AvgIpc) is 3.24. The molecule has 5 nitrogen and oxygen atoms in total. The van der Waals surface area contributed by atoms with Gasteiger partial charge in [-0.25, -0.2) is 0 Å². The fraction of sp³-hybridized carbons (Fsp3) is 0.280. The number of rotatable bonds is 17. The van der Waals surface area contributed by atoms with Gasteiger partial charge in [-0.2, -0.15) is 0 Å². The van der Waals surface area contributed by atoms with Gasteiger partial charge < -0.3 is 24.1 Å². The molecule has 282 valence electrons. The van der Waals surface area contributed by atoms with E-state index in [-0.39, 0.29) is 5.92 Å². The summed E-state index contributed by atoms with van der Waals surface area (Å²) in [7, 11) is 0. The molecule has 1 unspecified atom stereocenters. The van der Waals surface area contributed by atoms with Crippen molar-refractivity contribution in [1.82, 2.24) is 0 Å². The molecule has 0 aliphatic heterocycles. The molecule has 0 radical (unpaired) electrons. The molecular weight excluding hydrogens is 681 g/mol. The van der Waals surface area contributed by atoms with E-state index in [1.54, 1.807) is 0 Å². The minimum absolute atomic E-state index is 0.222. The van der Waals surface area contributed by atoms with Gasteiger partial charge in [-0.3, -0.25) is 0 Å². The van der Waals surface area contributed by atoms with Crippen LogP contribution >= 0.6 is 0 Å². The molecule has 6 aromatic rings. The van der Waals surface area contributed by atoms with Gasteiger partial charge in [-0.05, 0) is 63.8 Å². The molecule has 7 rings (SSSR count). The van der Waals surface area contributed by atoms with E-state index in [0.29, 0.717) is 39.5 Å². The molecule has 0 spiro atoms. The second kappa shape index (κ2) is 19.1. The number of hydrogen-bond donors (Lipinski definition) is 1. The lowest BCUT2D eigenvalue weighted by atomic mass is 9.69. The molecular formula is C50H52O5. The highest BCUT2D eigenvalue weighted by molar-refractivity contribution is 5.35. The zero-order valence-electron chi connectivity index (χ0n) is 31.7. The van der Waals surface area contributed by atoms with Crippen molar-refractivity contribution in [3.63, 3.8) is 0 Å². The first-order chi connectivity index (χ1) is 27.1. The maximum absolute atomic E-state index is 13.4. The first-order valence-electron chi connectivity index (χ1n) is 19.6. The third-order valence-electron chi connectivity index (χ3n) is 10.7. The average molecular weight is 733 g/mol. The van der Waals surface area contributed by atoms with Crippen LogP contribution in [0.4, 0.5) is 0 Å². The Bertz CT molecular complexity index is 2000. The van der Waals surface area contributed by atoms with E-state index in [9.17, 15) is 5.11 Å². The van der Waals surface area contributed by atoms with Gasteiger partial charge in [-0.1, -0.05) is 177 Å². The minimum Gasteiger partial charge on any atom is -0.382 e. The fourth-order valence-corrected chi connectivity index (χ4v) is 7.70. The maximum atomic E-state index is 13.4. The lowest BCUT2D eigenvalue weighted by Gasteiger charge is -2.51. The van der Waals surface area contributed by atoms with Gasteiger partial charge in [0, 0.05) is 5.92 Å². The SMILES string of the molecule is CCc1ccc(Cc2cccc(C3(O)C[C@H](COCc4ccccc4)[C@@H](OCc4ccccc4)[C@H](OCc4ccccc4)[C@H]3OCc3ccccc3)c2)cc1. The summed E-state index contributed by atoms with van der Waals surface area (Å²) in [5.74, 6) is -0.222. The molecule has 5 atom stereocenters. The molecule has 6 aromatic carbocycles. The Labute approximate surface area is 326 Å². The topological polar surface area (TPSA) is 57.2 Å². The molecule has 0 aromatic heterocycles. The van der Waals surface area contributed by atoms with Gasteiger partial charge in [-0.15, -0.1) is 0 Å². The van der Waals surface area contributed by atoms with Gasteiger partial charge in [0.15, 0.2) is 0 Å². The quantitative estimate of drug-likeness (QED) is 0.101. The van der Waals surface area contributed by atoms with Crippen LogP contribution in [0.25, 0.3) is 0 Å². The van der Waals surface area contributed by atoms with Crippen LogP contribution in [0.5, 0.6) is 0 Å². The Morgan fingerprint density at radius 3 is 1.51 bits per heavy atom. The summed E-state index contributed by atoms with van der Waals surface area (Å²) in [4.78, 5) is 0. The third kappa shape index (κ3) is 10.3. The van der Waals surface area contributed by atoms with Crippen molar-refractivity contribution in [2.75, 3.05) is 6.61 Å². The smallest absolute Gasteiger partial charge is 0.119 e. The molecule has 1 fully saturated rings. The van der Waals surface area contributed by atoms with E-state index >= 15 is 0 Å². The second-order valence-electron chi connectivity index (χ2n) is 14.7. The molecule has 1 aliphatic rings. The first-order valence-corrected chi connectivity index (χ1v) is 19.6.